The number of esters is 1. The van der Waals surface area contributed by atoms with Gasteiger partial charge in [-0.2, -0.15) is 0 Å². The molecule has 2 N–H and O–H groups in total. The smallest absolute Gasteiger partial charge is 0.319 e. The van der Waals surface area contributed by atoms with Crippen molar-refractivity contribution in [3.63, 3.8) is 0 Å². The van der Waals surface area contributed by atoms with Gasteiger partial charge in [0.1, 0.15) is 11.5 Å². The number of Topliss-reactive ketones (excluding diaryl/α,β-unsaturated/α-hetero) is 1. The van der Waals surface area contributed by atoms with Crippen LogP contribution >= 0.6 is 0 Å². The summed E-state index contributed by atoms with van der Waals surface area (Å²) in [5.41, 5.74) is -2.28. The van der Waals surface area contributed by atoms with E-state index in [1.165, 1.54) is 0 Å². The number of cyclic esters (lactones) is 1. The first-order chi connectivity index (χ1) is 18.2. The summed E-state index contributed by atoms with van der Waals surface area (Å²) in [5, 5.41) is 14.2. The van der Waals surface area contributed by atoms with Gasteiger partial charge in [0, 0.05) is 45.2 Å². The van der Waals surface area contributed by atoms with Crippen LogP contribution < -0.4 is 5.32 Å². The molecule has 8 atom stereocenters. The maximum Gasteiger partial charge on any atom is 0.319 e. The Balaban J connectivity index is 2.46. The zero-order valence-corrected chi connectivity index (χ0v) is 26.0. The molecule has 0 aliphatic carbocycles. The molecule has 0 aromatic heterocycles. The Morgan fingerprint density at radius 2 is 1.69 bits per heavy atom. The molecule has 2 saturated heterocycles. The number of hydrogen-bond acceptors (Lipinski definition) is 10. The van der Waals surface area contributed by atoms with Gasteiger partial charge in [0.05, 0.1) is 24.4 Å². The maximum atomic E-state index is 14.0. The van der Waals surface area contributed by atoms with Gasteiger partial charge in [0.15, 0.2) is 12.1 Å². The van der Waals surface area contributed by atoms with Gasteiger partial charge in [-0.3, -0.25) is 9.59 Å². The monoisotopic (exact) mass is 557 g/mol. The number of hydrogen-bond donors (Lipinski definition) is 2. The molecular formula is C29H55N3O7. The van der Waals surface area contributed by atoms with Gasteiger partial charge in [-0.25, -0.2) is 0 Å². The SMILES string of the molecule is CN[C@H]1C[C@@H](C)O[C@@H](O[C@@H]2[C@@H](C)C(=O)C(C)(C)C(=O)OCCCN(C)CCN(C)C[C@H](C)C[C@@]2(C)OC)[C@@H]1O. The minimum Gasteiger partial charge on any atom is -0.465 e. The third-order valence-electron chi connectivity index (χ3n) is 8.51. The highest BCUT2D eigenvalue weighted by molar-refractivity contribution is 6.04. The first kappa shape index (κ1) is 34.1. The van der Waals surface area contributed by atoms with Crippen molar-refractivity contribution < 1.29 is 33.6 Å². The molecule has 0 radical (unpaired) electrons. The van der Waals surface area contributed by atoms with E-state index in [1.807, 2.05) is 13.8 Å². The summed E-state index contributed by atoms with van der Waals surface area (Å²) in [6.45, 7) is 14.7. The number of likely N-dealkylation sites (N-methyl/N-ethyl adjacent to an activating group) is 3. The zero-order chi connectivity index (χ0) is 29.5. The van der Waals surface area contributed by atoms with Crippen LogP contribution in [-0.4, -0.2) is 124 Å². The molecule has 0 amide bonds. The number of ketones is 1. The number of aliphatic hydroxyl groups is 1. The molecule has 2 fully saturated rings. The molecule has 0 unspecified atom stereocenters. The highest BCUT2D eigenvalue weighted by atomic mass is 16.7. The van der Waals surface area contributed by atoms with Crippen molar-refractivity contribution in [2.24, 2.45) is 17.3 Å². The Labute approximate surface area is 236 Å². The maximum absolute atomic E-state index is 14.0. The molecule has 228 valence electrons. The van der Waals surface area contributed by atoms with Crippen LogP contribution in [0.4, 0.5) is 0 Å². The lowest BCUT2D eigenvalue weighted by atomic mass is 9.74. The van der Waals surface area contributed by atoms with Crippen molar-refractivity contribution in [1.82, 2.24) is 15.1 Å². The van der Waals surface area contributed by atoms with E-state index < -0.39 is 41.4 Å². The lowest BCUT2D eigenvalue weighted by molar-refractivity contribution is -0.290. The summed E-state index contributed by atoms with van der Waals surface area (Å²) in [6.07, 6.45) is -0.907. The number of nitrogens with zero attached hydrogens (tertiary/aromatic N) is 2. The van der Waals surface area contributed by atoms with Crippen molar-refractivity contribution in [1.29, 1.82) is 0 Å². The van der Waals surface area contributed by atoms with Crippen LogP contribution in [0.5, 0.6) is 0 Å². The Morgan fingerprint density at radius 3 is 2.31 bits per heavy atom. The largest absolute Gasteiger partial charge is 0.465 e. The quantitative estimate of drug-likeness (QED) is 0.393. The molecule has 2 aliphatic rings. The van der Waals surface area contributed by atoms with E-state index in [4.69, 9.17) is 18.9 Å². The molecule has 0 saturated carbocycles. The Morgan fingerprint density at radius 1 is 1.05 bits per heavy atom. The second-order valence-electron chi connectivity index (χ2n) is 12.7. The predicted octanol–water partition coefficient (Wildman–Crippen LogP) is 1.93. The first-order valence-corrected chi connectivity index (χ1v) is 14.5. The van der Waals surface area contributed by atoms with Crippen molar-refractivity contribution in [2.75, 3.05) is 61.0 Å². The van der Waals surface area contributed by atoms with Crippen LogP contribution in [0.25, 0.3) is 0 Å². The van der Waals surface area contributed by atoms with Gasteiger partial charge in [-0.05, 0) is 74.0 Å². The van der Waals surface area contributed by atoms with Crippen LogP contribution in [-0.2, 0) is 28.5 Å². The van der Waals surface area contributed by atoms with Crippen LogP contribution in [0.15, 0.2) is 0 Å². The minimum atomic E-state index is -1.38. The zero-order valence-electron chi connectivity index (χ0n) is 26.0. The molecule has 39 heavy (non-hydrogen) atoms. The van der Waals surface area contributed by atoms with Gasteiger partial charge in [-0.15, -0.1) is 0 Å². The normalized spacial score (nSPS) is 39.2. The van der Waals surface area contributed by atoms with Gasteiger partial charge in [-0.1, -0.05) is 13.8 Å². The Hall–Kier alpha value is -1.14. The lowest BCUT2D eigenvalue weighted by Crippen LogP contribution is -2.59. The summed E-state index contributed by atoms with van der Waals surface area (Å²) >= 11 is 0. The molecule has 0 spiro atoms. The summed E-state index contributed by atoms with van der Waals surface area (Å²) in [4.78, 5) is 31.6. The molecule has 2 heterocycles. The number of nitrogens with one attached hydrogen (secondary N) is 1. The third-order valence-corrected chi connectivity index (χ3v) is 8.51. The first-order valence-electron chi connectivity index (χ1n) is 14.5. The topological polar surface area (TPSA) is 110 Å². The Kier molecular flexibility index (Phi) is 12.8. The van der Waals surface area contributed by atoms with E-state index in [2.05, 4.69) is 36.1 Å². The highest BCUT2D eigenvalue weighted by Crippen LogP contribution is 2.37. The second-order valence-corrected chi connectivity index (χ2v) is 12.7. The van der Waals surface area contributed by atoms with E-state index in [0.717, 1.165) is 26.2 Å². The molecule has 0 bridgehead atoms. The molecule has 10 heteroatoms. The van der Waals surface area contributed by atoms with Gasteiger partial charge in [0.2, 0.25) is 0 Å². The fourth-order valence-electron chi connectivity index (χ4n) is 6.02. The standard InChI is InChI=1S/C29H55N3O7/c1-19-17-29(6,36-10)25(39-26-23(33)22(30-7)16-20(2)38-26)21(3)24(34)28(4,5)27(35)37-15-11-12-31(8)13-14-32(9)18-19/h19-23,25-26,30,33H,11-18H2,1-10H3/t19-,20-,21+,22+,23-,25-,26+,29-/m1/s1. The van der Waals surface area contributed by atoms with E-state index in [0.29, 0.717) is 19.3 Å². The number of carbonyl (C=O) groups excluding carboxylic acids is 2. The van der Waals surface area contributed by atoms with E-state index in [9.17, 15) is 14.7 Å². The van der Waals surface area contributed by atoms with Crippen LogP contribution in [0.1, 0.15) is 60.8 Å². The number of rotatable bonds is 4. The summed E-state index contributed by atoms with van der Waals surface area (Å²) < 4.78 is 24.3. The van der Waals surface area contributed by atoms with Crippen molar-refractivity contribution in [3.05, 3.63) is 0 Å². The van der Waals surface area contributed by atoms with E-state index in [1.54, 1.807) is 34.9 Å². The second kappa shape index (κ2) is 14.7. The molecular weight excluding hydrogens is 502 g/mol. The summed E-state index contributed by atoms with van der Waals surface area (Å²) in [7, 11) is 7.59. The molecule has 0 aromatic carbocycles. The van der Waals surface area contributed by atoms with E-state index >= 15 is 0 Å². The highest BCUT2D eigenvalue weighted by Gasteiger charge is 2.50. The van der Waals surface area contributed by atoms with Gasteiger partial charge < -0.3 is 39.2 Å². The van der Waals surface area contributed by atoms with E-state index in [-0.39, 0.29) is 30.5 Å². The lowest BCUT2D eigenvalue weighted by Gasteiger charge is -2.46. The van der Waals surface area contributed by atoms with Crippen molar-refractivity contribution in [3.8, 4) is 0 Å². The third kappa shape index (κ3) is 8.92. The van der Waals surface area contributed by atoms with Crippen LogP contribution in [0, 0.1) is 17.3 Å². The van der Waals surface area contributed by atoms with Crippen LogP contribution in [0.3, 0.4) is 0 Å². The number of ether oxygens (including phenoxy) is 4. The van der Waals surface area contributed by atoms with Gasteiger partial charge >= 0.3 is 5.97 Å². The number of carbonyl (C=O) groups is 2. The van der Waals surface area contributed by atoms with Crippen LogP contribution in [0.2, 0.25) is 0 Å². The molecule has 0 aromatic rings. The average Bonchev–Trinajstić information content (AvgIpc) is 2.88. The molecule has 10 nitrogen and oxygen atoms in total. The number of methoxy groups -OCH3 is 1. The molecule has 2 aliphatic heterocycles. The van der Waals surface area contributed by atoms with Crippen molar-refractivity contribution >= 4 is 11.8 Å². The fourth-order valence-corrected chi connectivity index (χ4v) is 6.02. The minimum absolute atomic E-state index is 0.150. The summed E-state index contributed by atoms with van der Waals surface area (Å²) in [6, 6.07) is -0.217. The predicted molar refractivity (Wildman–Crippen MR) is 150 cm³/mol. The summed E-state index contributed by atoms with van der Waals surface area (Å²) in [5.74, 6) is -1.37. The Bertz CT molecular complexity index is 797. The molecule has 2 rings (SSSR count). The van der Waals surface area contributed by atoms with Gasteiger partial charge in [0.25, 0.3) is 0 Å². The fraction of sp³-hybridized carbons (Fsp3) is 0.931. The van der Waals surface area contributed by atoms with Crippen molar-refractivity contribution in [2.45, 2.75) is 97.0 Å². The average molecular weight is 558 g/mol. The number of aliphatic hydroxyl groups excluding tert-OH is 1.